The number of nitrogens with zero attached hydrogens (tertiary/aromatic N) is 5. The average molecular weight is 614 g/mol. The minimum absolute atomic E-state index is 0.111. The Labute approximate surface area is 262 Å². The maximum Gasteiger partial charge on any atom is 0.270 e. The predicted octanol–water partition coefficient (Wildman–Crippen LogP) is 5.17. The minimum Gasteiger partial charge on any atom is -0.497 e. The maximum atomic E-state index is 13.7. The number of aromatic nitrogens is 1. The molecule has 2 aliphatic heterocycles. The van der Waals surface area contributed by atoms with Crippen LogP contribution in [0.25, 0.3) is 6.08 Å². The van der Waals surface area contributed by atoms with Gasteiger partial charge < -0.3 is 9.64 Å². The van der Waals surface area contributed by atoms with Gasteiger partial charge in [-0.1, -0.05) is 73.4 Å². The van der Waals surface area contributed by atoms with Crippen molar-refractivity contribution < 1.29 is 9.53 Å². The summed E-state index contributed by atoms with van der Waals surface area (Å²) in [4.78, 5) is 33.9. The predicted molar refractivity (Wildman–Crippen MR) is 176 cm³/mol. The van der Waals surface area contributed by atoms with Gasteiger partial charge in [-0.25, -0.2) is 0 Å². The Balaban J connectivity index is 1.48. The van der Waals surface area contributed by atoms with Crippen molar-refractivity contribution in [3.05, 3.63) is 97.7 Å². The van der Waals surface area contributed by atoms with E-state index < -0.39 is 0 Å². The number of thioether (sulfide) groups is 1. The number of carbonyl (C=O) groups excluding carboxylic acids is 1. The molecule has 2 saturated heterocycles. The van der Waals surface area contributed by atoms with Crippen molar-refractivity contribution in [3.8, 4) is 11.8 Å². The number of thiocarbonyl (C=S) groups is 1. The Bertz CT molecular complexity index is 1640. The molecule has 2 aromatic carbocycles. The van der Waals surface area contributed by atoms with Gasteiger partial charge in [0.25, 0.3) is 11.5 Å². The summed E-state index contributed by atoms with van der Waals surface area (Å²) in [5.74, 6) is 1.33. The fraction of sp³-hybridized carbons (Fsp3) is 0.333. The normalized spacial score (nSPS) is 16.7. The zero-order chi connectivity index (χ0) is 30.5. The molecule has 0 unspecified atom stereocenters. The third-order valence-corrected chi connectivity index (χ3v) is 9.24. The first kappa shape index (κ1) is 30.5. The van der Waals surface area contributed by atoms with E-state index in [1.165, 1.54) is 17.3 Å². The van der Waals surface area contributed by atoms with Crippen molar-refractivity contribution in [2.45, 2.75) is 39.9 Å². The van der Waals surface area contributed by atoms with E-state index in [1.54, 1.807) is 23.5 Å². The third kappa shape index (κ3) is 6.54. The summed E-state index contributed by atoms with van der Waals surface area (Å²) < 4.78 is 7.45. The van der Waals surface area contributed by atoms with E-state index in [1.807, 2.05) is 43.3 Å². The molecule has 43 heavy (non-hydrogen) atoms. The molecular formula is C33H35N5O3S2. The van der Waals surface area contributed by atoms with Crippen LogP contribution < -0.4 is 15.2 Å². The molecule has 0 atom stereocenters. The molecule has 8 nitrogen and oxygen atoms in total. The van der Waals surface area contributed by atoms with Gasteiger partial charge in [0.15, 0.2) is 0 Å². The number of pyridine rings is 1. The van der Waals surface area contributed by atoms with Crippen molar-refractivity contribution in [1.29, 1.82) is 5.26 Å². The number of nitriles is 1. The highest BCUT2D eigenvalue weighted by molar-refractivity contribution is 8.26. The SMILES string of the molecule is CCCn1c(N2CCN(Cc3ccccc3)CC2)c(C=C2SC(=S)N(Cc3ccc(OC)cc3)C2=O)c(C)c(C#N)c1=O. The topological polar surface area (TPSA) is 81.8 Å². The molecule has 10 heteroatoms. The lowest BCUT2D eigenvalue weighted by Gasteiger charge is -2.38. The fourth-order valence-electron chi connectivity index (χ4n) is 5.56. The molecular weight excluding hydrogens is 579 g/mol. The van der Waals surface area contributed by atoms with Crippen LogP contribution >= 0.6 is 24.0 Å². The molecule has 3 aromatic rings. The second-order valence-electron chi connectivity index (χ2n) is 10.7. The number of hydrogen-bond acceptors (Lipinski definition) is 8. The Kier molecular flexibility index (Phi) is 9.65. The van der Waals surface area contributed by atoms with Gasteiger partial charge in [-0.3, -0.25) is 24.0 Å². The number of ether oxygens (including phenoxy) is 1. The molecule has 0 spiro atoms. The van der Waals surface area contributed by atoms with Gasteiger partial charge in [0.05, 0.1) is 18.6 Å². The Hall–Kier alpha value is -3.91. The standard InChI is InChI=1S/C33H35N5O3S2/c1-4-14-37-30(36-17-15-35(16-18-36)21-24-8-6-5-7-9-24)27(23(2)28(20-34)31(37)39)19-29-32(40)38(33(42)43-29)22-25-10-12-26(41-3)13-11-25/h5-13,19H,4,14-18,21-22H2,1-3H3. The first-order chi connectivity index (χ1) is 20.8. The first-order valence-corrected chi connectivity index (χ1v) is 15.6. The molecule has 0 aliphatic carbocycles. The molecule has 1 aromatic heterocycles. The number of methoxy groups -OCH3 is 1. The van der Waals surface area contributed by atoms with Gasteiger partial charge in [0.1, 0.15) is 27.5 Å². The van der Waals surface area contributed by atoms with Crippen LogP contribution in [0.2, 0.25) is 0 Å². The van der Waals surface area contributed by atoms with Gasteiger partial charge in [-0.15, -0.1) is 0 Å². The van der Waals surface area contributed by atoms with Crippen LogP contribution in [0.4, 0.5) is 5.82 Å². The zero-order valence-electron chi connectivity index (χ0n) is 24.7. The first-order valence-electron chi connectivity index (χ1n) is 14.4. The molecule has 222 valence electrons. The Morgan fingerprint density at radius 2 is 1.67 bits per heavy atom. The van der Waals surface area contributed by atoms with Crippen LogP contribution in [0.5, 0.6) is 5.75 Å². The third-order valence-electron chi connectivity index (χ3n) is 7.86. The summed E-state index contributed by atoms with van der Waals surface area (Å²) in [6, 6.07) is 20.1. The lowest BCUT2D eigenvalue weighted by atomic mass is 10.0. The van der Waals surface area contributed by atoms with Crippen LogP contribution in [0.15, 0.2) is 64.3 Å². The quantitative estimate of drug-likeness (QED) is 0.242. The smallest absolute Gasteiger partial charge is 0.270 e. The van der Waals surface area contributed by atoms with Gasteiger partial charge in [-0.05, 0) is 48.2 Å². The highest BCUT2D eigenvalue weighted by Gasteiger charge is 2.34. The summed E-state index contributed by atoms with van der Waals surface area (Å²) in [6.07, 6.45) is 2.57. The number of hydrogen-bond donors (Lipinski definition) is 0. The highest BCUT2D eigenvalue weighted by atomic mass is 32.2. The lowest BCUT2D eigenvalue weighted by molar-refractivity contribution is -0.122. The van der Waals surface area contributed by atoms with Crippen LogP contribution in [-0.2, 0) is 24.4 Å². The molecule has 2 fully saturated rings. The zero-order valence-corrected chi connectivity index (χ0v) is 26.3. The fourth-order valence-corrected chi connectivity index (χ4v) is 6.79. The van der Waals surface area contributed by atoms with Gasteiger partial charge in [0.2, 0.25) is 0 Å². The van der Waals surface area contributed by atoms with Crippen LogP contribution in [0, 0.1) is 18.3 Å². The summed E-state index contributed by atoms with van der Waals surface area (Å²) in [6.45, 7) is 8.62. The molecule has 3 heterocycles. The second kappa shape index (κ2) is 13.6. The van der Waals surface area contributed by atoms with E-state index in [4.69, 9.17) is 17.0 Å². The molecule has 0 radical (unpaired) electrons. The Morgan fingerprint density at radius 1 is 1.00 bits per heavy atom. The molecule has 5 rings (SSSR count). The van der Waals surface area contributed by atoms with Crippen molar-refractivity contribution in [3.63, 3.8) is 0 Å². The number of benzene rings is 2. The van der Waals surface area contributed by atoms with E-state index in [9.17, 15) is 14.9 Å². The van der Waals surface area contributed by atoms with E-state index >= 15 is 0 Å². The second-order valence-corrected chi connectivity index (χ2v) is 12.3. The van der Waals surface area contributed by atoms with Crippen LogP contribution in [0.3, 0.4) is 0 Å². The van der Waals surface area contributed by atoms with Crippen LogP contribution in [0.1, 0.15) is 41.2 Å². The van der Waals surface area contributed by atoms with Crippen molar-refractivity contribution >= 4 is 46.1 Å². The van der Waals surface area contributed by atoms with Gasteiger partial charge >= 0.3 is 0 Å². The number of amides is 1. The van der Waals surface area contributed by atoms with E-state index in [0.29, 0.717) is 27.9 Å². The van der Waals surface area contributed by atoms with E-state index in [-0.39, 0.29) is 17.0 Å². The number of piperazine rings is 1. The number of carbonyl (C=O) groups is 1. The summed E-state index contributed by atoms with van der Waals surface area (Å²) >= 11 is 6.89. The molecule has 0 bridgehead atoms. The molecule has 2 aliphatic rings. The van der Waals surface area contributed by atoms with Crippen LogP contribution in [-0.4, -0.2) is 57.9 Å². The molecule has 0 saturated carbocycles. The largest absolute Gasteiger partial charge is 0.497 e. The van der Waals surface area contributed by atoms with E-state index in [0.717, 1.165) is 61.8 Å². The van der Waals surface area contributed by atoms with Gasteiger partial charge in [0, 0.05) is 44.8 Å². The number of anilines is 1. The monoisotopic (exact) mass is 613 g/mol. The average Bonchev–Trinajstić information content (AvgIpc) is 3.28. The van der Waals surface area contributed by atoms with Crippen molar-refractivity contribution in [1.82, 2.24) is 14.4 Å². The van der Waals surface area contributed by atoms with Crippen molar-refractivity contribution in [2.75, 3.05) is 38.2 Å². The molecule has 1 amide bonds. The summed E-state index contributed by atoms with van der Waals surface area (Å²) in [7, 11) is 1.62. The van der Waals surface area contributed by atoms with E-state index in [2.05, 4.69) is 40.1 Å². The minimum atomic E-state index is -0.284. The highest BCUT2D eigenvalue weighted by Crippen LogP contribution is 2.37. The Morgan fingerprint density at radius 3 is 2.30 bits per heavy atom. The maximum absolute atomic E-state index is 13.7. The summed E-state index contributed by atoms with van der Waals surface area (Å²) in [5.41, 5.74) is 3.35. The van der Waals surface area contributed by atoms with Gasteiger partial charge in [-0.2, -0.15) is 5.26 Å². The summed E-state index contributed by atoms with van der Waals surface area (Å²) in [5, 5.41) is 9.98. The lowest BCUT2D eigenvalue weighted by Crippen LogP contribution is -2.48. The number of rotatable bonds is 9. The molecule has 0 N–H and O–H groups in total. The van der Waals surface area contributed by atoms with Crippen molar-refractivity contribution in [2.24, 2.45) is 0 Å².